The van der Waals surface area contributed by atoms with Gasteiger partial charge in [0, 0.05) is 18.4 Å². The van der Waals surface area contributed by atoms with Gasteiger partial charge in [-0.25, -0.2) is 8.42 Å². The molecule has 11 heavy (non-hydrogen) atoms. The molecule has 0 fully saturated rings. The van der Waals surface area contributed by atoms with E-state index in [1.54, 1.807) is 6.92 Å². The largest absolute Gasteiger partial charge is 0.396 e. The Morgan fingerprint density at radius 2 is 2.09 bits per heavy atom. The molecule has 5 heteroatoms. The number of hydrogen-bond acceptors (Lipinski definition) is 4. The van der Waals surface area contributed by atoms with Gasteiger partial charge in [0.25, 0.3) is 0 Å². The van der Waals surface area contributed by atoms with Crippen LogP contribution in [0.25, 0.3) is 0 Å². The second-order valence-electron chi connectivity index (χ2n) is 2.47. The smallest absolute Gasteiger partial charge is 0.151 e. The van der Waals surface area contributed by atoms with Gasteiger partial charge < -0.3 is 10.8 Å². The summed E-state index contributed by atoms with van der Waals surface area (Å²) in [5.41, 5.74) is 5.41. The second-order valence-corrected chi connectivity index (χ2v) is 4.87. The fourth-order valence-electron chi connectivity index (χ4n) is 0.693. The first-order valence-electron chi connectivity index (χ1n) is 3.58. The summed E-state index contributed by atoms with van der Waals surface area (Å²) in [6.07, 6.45) is 0.346. The van der Waals surface area contributed by atoms with E-state index in [1.165, 1.54) is 0 Å². The molecule has 0 aliphatic rings. The van der Waals surface area contributed by atoms with Crippen molar-refractivity contribution in [3.05, 3.63) is 0 Å². The number of aliphatic hydroxyl groups is 1. The summed E-state index contributed by atoms with van der Waals surface area (Å²) in [6, 6.07) is -0.426. The fourth-order valence-corrected chi connectivity index (χ4v) is 1.75. The molecule has 0 saturated heterocycles. The Morgan fingerprint density at radius 3 is 2.45 bits per heavy atom. The number of aliphatic hydroxyl groups excluding tert-OH is 1. The summed E-state index contributed by atoms with van der Waals surface area (Å²) >= 11 is 0. The Bertz CT molecular complexity index is 188. The molecule has 0 saturated carbocycles. The van der Waals surface area contributed by atoms with Gasteiger partial charge in [0.2, 0.25) is 0 Å². The predicted octanol–water partition coefficient (Wildman–Crippen LogP) is -0.869. The Morgan fingerprint density at radius 1 is 1.55 bits per heavy atom. The van der Waals surface area contributed by atoms with Gasteiger partial charge in [-0.1, -0.05) is 6.92 Å². The van der Waals surface area contributed by atoms with Crippen molar-refractivity contribution in [1.82, 2.24) is 0 Å². The molecule has 1 unspecified atom stereocenters. The summed E-state index contributed by atoms with van der Waals surface area (Å²) in [6.45, 7) is 1.53. The lowest BCUT2D eigenvalue weighted by atomic mass is 10.3. The van der Waals surface area contributed by atoms with E-state index in [2.05, 4.69) is 0 Å². The molecule has 3 N–H and O–H groups in total. The zero-order chi connectivity index (χ0) is 8.91. The van der Waals surface area contributed by atoms with Crippen molar-refractivity contribution < 1.29 is 13.5 Å². The molecule has 4 nitrogen and oxygen atoms in total. The van der Waals surface area contributed by atoms with Gasteiger partial charge in [0.15, 0.2) is 9.84 Å². The average Bonchev–Trinajstić information content (AvgIpc) is 1.87. The highest BCUT2D eigenvalue weighted by Crippen LogP contribution is 1.95. The predicted molar refractivity (Wildman–Crippen MR) is 44.0 cm³/mol. The van der Waals surface area contributed by atoms with Crippen LogP contribution in [0.3, 0.4) is 0 Å². The maximum Gasteiger partial charge on any atom is 0.151 e. The Balaban J connectivity index is 3.84. The standard InChI is InChI=1S/C6H15NO3S/c1-2-11(9,10)5-6(7)3-4-8/h6,8H,2-5,7H2,1H3. The maximum atomic E-state index is 10.9. The van der Waals surface area contributed by atoms with Crippen LogP contribution in [0.5, 0.6) is 0 Å². The minimum absolute atomic E-state index is 0.0237. The molecule has 0 aliphatic carbocycles. The maximum absolute atomic E-state index is 10.9. The lowest BCUT2D eigenvalue weighted by Crippen LogP contribution is -2.31. The van der Waals surface area contributed by atoms with Crippen LogP contribution in [-0.4, -0.2) is 37.7 Å². The molecule has 0 aromatic heterocycles. The number of rotatable bonds is 5. The molecule has 0 bridgehead atoms. The van der Waals surface area contributed by atoms with Gasteiger partial charge in [-0.15, -0.1) is 0 Å². The summed E-state index contributed by atoms with van der Waals surface area (Å²) < 4.78 is 21.8. The molecular formula is C6H15NO3S. The number of sulfone groups is 1. The molecule has 0 spiro atoms. The minimum atomic E-state index is -2.98. The number of hydrogen-bond donors (Lipinski definition) is 2. The van der Waals surface area contributed by atoms with E-state index >= 15 is 0 Å². The molecule has 0 aromatic carbocycles. The lowest BCUT2D eigenvalue weighted by Gasteiger charge is -2.08. The second kappa shape index (κ2) is 4.69. The van der Waals surface area contributed by atoms with E-state index in [9.17, 15) is 8.42 Å². The van der Waals surface area contributed by atoms with E-state index in [-0.39, 0.29) is 18.1 Å². The SMILES string of the molecule is CCS(=O)(=O)CC(N)CCO. The van der Waals surface area contributed by atoms with E-state index in [1.807, 2.05) is 0 Å². The molecular weight excluding hydrogens is 166 g/mol. The monoisotopic (exact) mass is 181 g/mol. The van der Waals surface area contributed by atoms with Crippen LogP contribution in [0.4, 0.5) is 0 Å². The van der Waals surface area contributed by atoms with Gasteiger partial charge >= 0.3 is 0 Å². The van der Waals surface area contributed by atoms with Crippen LogP contribution >= 0.6 is 0 Å². The fraction of sp³-hybridized carbons (Fsp3) is 1.00. The Labute approximate surface area is 67.3 Å². The van der Waals surface area contributed by atoms with Crippen molar-refractivity contribution in [2.45, 2.75) is 19.4 Å². The first kappa shape index (κ1) is 10.9. The van der Waals surface area contributed by atoms with Gasteiger partial charge in [-0.2, -0.15) is 0 Å². The summed E-state index contributed by atoms with van der Waals surface area (Å²) in [7, 11) is -2.98. The van der Waals surface area contributed by atoms with E-state index in [4.69, 9.17) is 10.8 Å². The van der Waals surface area contributed by atoms with Crippen LogP contribution in [0.1, 0.15) is 13.3 Å². The highest BCUT2D eigenvalue weighted by molar-refractivity contribution is 7.91. The summed E-state index contributed by atoms with van der Waals surface area (Å²) in [4.78, 5) is 0. The van der Waals surface area contributed by atoms with Gasteiger partial charge in [-0.05, 0) is 6.42 Å². The topological polar surface area (TPSA) is 80.4 Å². The molecule has 0 amide bonds. The van der Waals surface area contributed by atoms with Crippen molar-refractivity contribution >= 4 is 9.84 Å². The lowest BCUT2D eigenvalue weighted by molar-refractivity contribution is 0.279. The first-order chi connectivity index (χ1) is 5.02. The molecule has 1 atom stereocenters. The van der Waals surface area contributed by atoms with E-state index in [0.717, 1.165) is 0 Å². The van der Waals surface area contributed by atoms with Crippen molar-refractivity contribution in [3.63, 3.8) is 0 Å². The van der Waals surface area contributed by atoms with Crippen molar-refractivity contribution in [1.29, 1.82) is 0 Å². The third kappa shape index (κ3) is 5.17. The highest BCUT2D eigenvalue weighted by Gasteiger charge is 2.12. The third-order valence-corrected chi connectivity index (χ3v) is 3.22. The van der Waals surface area contributed by atoms with Crippen LogP contribution in [0.2, 0.25) is 0 Å². The van der Waals surface area contributed by atoms with Crippen LogP contribution in [0.15, 0.2) is 0 Å². The van der Waals surface area contributed by atoms with E-state index in [0.29, 0.717) is 6.42 Å². The molecule has 0 rings (SSSR count). The quantitative estimate of drug-likeness (QED) is 0.578. The first-order valence-corrected chi connectivity index (χ1v) is 5.41. The zero-order valence-corrected chi connectivity index (χ0v) is 7.47. The van der Waals surface area contributed by atoms with Crippen LogP contribution in [0, 0.1) is 0 Å². The Hall–Kier alpha value is -0.130. The molecule has 0 radical (unpaired) electrons. The van der Waals surface area contributed by atoms with E-state index < -0.39 is 15.9 Å². The third-order valence-electron chi connectivity index (χ3n) is 1.41. The summed E-state index contributed by atoms with van der Waals surface area (Å²) in [5.74, 6) is 0.0934. The van der Waals surface area contributed by atoms with Gasteiger partial charge in [-0.3, -0.25) is 0 Å². The van der Waals surface area contributed by atoms with Crippen molar-refractivity contribution in [3.8, 4) is 0 Å². The number of nitrogens with two attached hydrogens (primary N) is 1. The Kier molecular flexibility index (Phi) is 4.63. The summed E-state index contributed by atoms with van der Waals surface area (Å²) in [5, 5.41) is 8.43. The average molecular weight is 181 g/mol. The molecule has 0 aliphatic heterocycles. The zero-order valence-electron chi connectivity index (χ0n) is 6.66. The van der Waals surface area contributed by atoms with Gasteiger partial charge in [0.05, 0.1) is 5.75 Å². The molecule has 0 aromatic rings. The minimum Gasteiger partial charge on any atom is -0.396 e. The molecule has 0 heterocycles. The van der Waals surface area contributed by atoms with Crippen molar-refractivity contribution in [2.24, 2.45) is 5.73 Å². The van der Waals surface area contributed by atoms with Gasteiger partial charge in [0.1, 0.15) is 0 Å². The normalized spacial score (nSPS) is 14.8. The highest BCUT2D eigenvalue weighted by atomic mass is 32.2. The molecule has 68 valence electrons. The van der Waals surface area contributed by atoms with Crippen LogP contribution in [-0.2, 0) is 9.84 Å². The van der Waals surface area contributed by atoms with Crippen molar-refractivity contribution in [2.75, 3.05) is 18.1 Å². The van der Waals surface area contributed by atoms with Crippen LogP contribution < -0.4 is 5.73 Å².